The summed E-state index contributed by atoms with van der Waals surface area (Å²) < 4.78 is 6.50. The van der Waals surface area contributed by atoms with Gasteiger partial charge in [-0.25, -0.2) is 0 Å². The van der Waals surface area contributed by atoms with Crippen molar-refractivity contribution in [3.63, 3.8) is 0 Å². The second kappa shape index (κ2) is 11.3. The first-order valence-corrected chi connectivity index (χ1v) is 15.3. The van der Waals surface area contributed by atoms with Crippen LogP contribution in [0.2, 0.25) is 28.2 Å². The van der Waals surface area contributed by atoms with E-state index < -0.39 is 8.32 Å². The number of hydrogen-bond acceptors (Lipinski definition) is 5. The van der Waals surface area contributed by atoms with E-state index in [0.717, 1.165) is 29.7 Å². The molecule has 0 saturated carbocycles. The molecule has 0 unspecified atom stereocenters. The fourth-order valence-corrected chi connectivity index (χ4v) is 4.89. The Morgan fingerprint density at radius 3 is 2.34 bits per heavy atom. The predicted octanol–water partition coefficient (Wildman–Crippen LogP) is 6.95. The summed E-state index contributed by atoms with van der Waals surface area (Å²) in [6.07, 6.45) is 1.83. The highest BCUT2D eigenvalue weighted by molar-refractivity contribution is 6.74. The highest BCUT2D eigenvalue weighted by Gasteiger charge is 2.37. The van der Waals surface area contributed by atoms with Gasteiger partial charge in [0.25, 0.3) is 5.91 Å². The average Bonchev–Trinajstić information content (AvgIpc) is 2.77. The Bertz CT molecular complexity index is 1190. The zero-order chi connectivity index (χ0) is 25.8. The quantitative estimate of drug-likeness (QED) is 0.205. The maximum atomic E-state index is 13.0. The smallest absolute Gasteiger partial charge is 0.258 e. The molecular formula is C26H34Cl2N4O2Si. The maximum absolute atomic E-state index is 13.0. The molecule has 0 aliphatic rings. The van der Waals surface area contributed by atoms with Gasteiger partial charge in [-0.15, -0.1) is 0 Å². The Kier molecular flexibility index (Phi) is 8.83. The van der Waals surface area contributed by atoms with E-state index in [1.165, 1.54) is 0 Å². The van der Waals surface area contributed by atoms with Crippen LogP contribution in [0.15, 0.2) is 42.6 Å². The molecule has 0 aliphatic carbocycles. The molecule has 0 saturated heterocycles. The summed E-state index contributed by atoms with van der Waals surface area (Å²) >= 11 is 12.5. The van der Waals surface area contributed by atoms with Gasteiger partial charge in [-0.05, 0) is 43.4 Å². The number of rotatable bonds is 9. The van der Waals surface area contributed by atoms with Crippen LogP contribution in [-0.4, -0.2) is 39.3 Å². The number of halogens is 2. The van der Waals surface area contributed by atoms with Crippen molar-refractivity contribution in [1.29, 1.82) is 0 Å². The number of fused-ring (bicyclic) bond motifs is 1. The van der Waals surface area contributed by atoms with Gasteiger partial charge in [0.1, 0.15) is 0 Å². The minimum atomic E-state index is -1.95. The zero-order valence-corrected chi connectivity index (χ0v) is 23.7. The summed E-state index contributed by atoms with van der Waals surface area (Å²) in [6.45, 7) is 13.2. The van der Waals surface area contributed by atoms with Gasteiger partial charge in [0, 0.05) is 30.2 Å². The van der Waals surface area contributed by atoms with E-state index in [4.69, 9.17) is 32.6 Å². The molecule has 6 nitrogen and oxygen atoms in total. The standard InChI is InChI=1S/C26H34Cl2N4O2Si/c1-26(2,3)35(5,6)34-16-17-15-31-24-18(23(17)30-14-13-29-4)9-7-12-21(24)32-25(33)22-19(27)10-8-11-20(22)28/h7-12,15,29H,13-14,16H2,1-6H3,(H,30,31)(H,32,33). The topological polar surface area (TPSA) is 75.3 Å². The Labute approximate surface area is 218 Å². The molecule has 188 valence electrons. The number of likely N-dealkylation sites (N-methyl/N-ethyl adjacent to an activating group) is 1. The lowest BCUT2D eigenvalue weighted by Gasteiger charge is -2.36. The van der Waals surface area contributed by atoms with E-state index in [-0.39, 0.29) is 16.5 Å². The van der Waals surface area contributed by atoms with Gasteiger partial charge < -0.3 is 20.4 Å². The third-order valence-electron chi connectivity index (χ3n) is 6.49. The molecule has 2 aromatic carbocycles. The lowest BCUT2D eigenvalue weighted by Crippen LogP contribution is -2.40. The molecule has 1 amide bonds. The maximum Gasteiger partial charge on any atom is 0.258 e. The van der Waals surface area contributed by atoms with E-state index in [0.29, 0.717) is 27.9 Å². The number of pyridine rings is 1. The minimum absolute atomic E-state index is 0.106. The van der Waals surface area contributed by atoms with Crippen molar-refractivity contribution in [1.82, 2.24) is 10.3 Å². The first kappa shape index (κ1) is 27.4. The molecule has 0 spiro atoms. The number of nitrogens with one attached hydrogen (secondary N) is 3. The molecule has 0 bridgehead atoms. The van der Waals surface area contributed by atoms with E-state index in [1.54, 1.807) is 18.2 Å². The number of aromatic nitrogens is 1. The fraction of sp³-hybridized carbons (Fsp3) is 0.385. The molecule has 35 heavy (non-hydrogen) atoms. The third kappa shape index (κ3) is 6.34. The predicted molar refractivity (Wildman–Crippen MR) is 151 cm³/mol. The number of anilines is 2. The van der Waals surface area contributed by atoms with Crippen molar-refractivity contribution in [2.24, 2.45) is 0 Å². The Morgan fingerprint density at radius 2 is 1.71 bits per heavy atom. The van der Waals surface area contributed by atoms with Crippen molar-refractivity contribution < 1.29 is 9.22 Å². The summed E-state index contributed by atoms with van der Waals surface area (Å²) in [5, 5.41) is 11.2. The average molecular weight is 534 g/mol. The van der Waals surface area contributed by atoms with E-state index in [2.05, 4.69) is 49.8 Å². The number of carbonyl (C=O) groups is 1. The van der Waals surface area contributed by atoms with E-state index in [1.807, 2.05) is 31.4 Å². The summed E-state index contributed by atoms with van der Waals surface area (Å²) in [5.74, 6) is -0.384. The first-order valence-electron chi connectivity index (χ1n) is 11.6. The molecule has 0 fully saturated rings. The lowest BCUT2D eigenvalue weighted by atomic mass is 10.1. The van der Waals surface area contributed by atoms with Crippen LogP contribution in [0.5, 0.6) is 0 Å². The van der Waals surface area contributed by atoms with Crippen molar-refractivity contribution in [2.75, 3.05) is 30.8 Å². The second-order valence-electron chi connectivity index (χ2n) is 9.99. The SMILES string of the molecule is CNCCNc1c(CO[Si](C)(C)C(C)(C)C)cnc2c(NC(=O)c3c(Cl)cccc3Cl)cccc12. The van der Waals surface area contributed by atoms with Crippen molar-refractivity contribution in [2.45, 2.75) is 45.5 Å². The Morgan fingerprint density at radius 1 is 1.06 bits per heavy atom. The van der Waals surface area contributed by atoms with Gasteiger partial charge in [0.05, 0.1) is 39.1 Å². The monoisotopic (exact) mass is 532 g/mol. The van der Waals surface area contributed by atoms with E-state index in [9.17, 15) is 4.79 Å². The zero-order valence-electron chi connectivity index (χ0n) is 21.2. The largest absolute Gasteiger partial charge is 0.412 e. The summed E-state index contributed by atoms with van der Waals surface area (Å²) in [5.41, 5.74) is 3.43. The number of nitrogens with zero attached hydrogens (tertiary/aromatic N) is 1. The highest BCUT2D eigenvalue weighted by atomic mass is 35.5. The van der Waals surface area contributed by atoms with Crippen LogP contribution < -0.4 is 16.0 Å². The van der Waals surface area contributed by atoms with Gasteiger partial charge in [-0.2, -0.15) is 0 Å². The molecule has 0 atom stereocenters. The first-order chi connectivity index (χ1) is 16.5. The molecule has 3 N–H and O–H groups in total. The Balaban J connectivity index is 1.99. The van der Waals surface area contributed by atoms with Crippen molar-refractivity contribution in [3.8, 4) is 0 Å². The molecular weight excluding hydrogens is 499 g/mol. The van der Waals surface area contributed by atoms with Crippen LogP contribution in [0, 0.1) is 0 Å². The van der Waals surface area contributed by atoms with Gasteiger partial charge >= 0.3 is 0 Å². The molecule has 3 aromatic rings. The lowest BCUT2D eigenvalue weighted by molar-refractivity contribution is 0.102. The van der Waals surface area contributed by atoms with Gasteiger partial charge in [-0.1, -0.05) is 62.2 Å². The van der Waals surface area contributed by atoms with Gasteiger partial charge in [0.2, 0.25) is 0 Å². The second-order valence-corrected chi connectivity index (χ2v) is 15.6. The van der Waals surface area contributed by atoms with Gasteiger partial charge in [0.15, 0.2) is 8.32 Å². The van der Waals surface area contributed by atoms with Crippen LogP contribution in [0.1, 0.15) is 36.7 Å². The molecule has 3 rings (SSSR count). The summed E-state index contributed by atoms with van der Waals surface area (Å²) in [6, 6.07) is 10.7. The highest BCUT2D eigenvalue weighted by Crippen LogP contribution is 2.38. The van der Waals surface area contributed by atoms with Crippen molar-refractivity contribution >= 4 is 59.7 Å². The number of benzene rings is 2. The van der Waals surface area contributed by atoms with Crippen LogP contribution in [0.3, 0.4) is 0 Å². The van der Waals surface area contributed by atoms with Crippen LogP contribution >= 0.6 is 23.2 Å². The van der Waals surface area contributed by atoms with Gasteiger partial charge in [-0.3, -0.25) is 9.78 Å². The van der Waals surface area contributed by atoms with Crippen molar-refractivity contribution in [3.05, 3.63) is 63.8 Å². The molecule has 9 heteroatoms. The van der Waals surface area contributed by atoms with E-state index >= 15 is 0 Å². The van der Waals surface area contributed by atoms with Crippen LogP contribution in [0.25, 0.3) is 10.9 Å². The number of amides is 1. The third-order valence-corrected chi connectivity index (χ3v) is 11.6. The molecule has 0 radical (unpaired) electrons. The van der Waals surface area contributed by atoms with Crippen LogP contribution in [0.4, 0.5) is 11.4 Å². The number of carbonyl (C=O) groups excluding carboxylic acids is 1. The molecule has 0 aliphatic heterocycles. The number of para-hydroxylation sites is 1. The molecule has 1 heterocycles. The molecule has 1 aromatic heterocycles. The summed E-state index contributed by atoms with van der Waals surface area (Å²) in [4.78, 5) is 17.7. The summed E-state index contributed by atoms with van der Waals surface area (Å²) in [7, 11) is -0.0292. The van der Waals surface area contributed by atoms with Crippen LogP contribution in [-0.2, 0) is 11.0 Å². The Hall–Kier alpha value is -2.16. The fourth-order valence-electron chi connectivity index (χ4n) is 3.37. The minimum Gasteiger partial charge on any atom is -0.412 e. The normalized spacial score (nSPS) is 12.1. The number of hydrogen-bond donors (Lipinski definition) is 3.